The second-order valence-corrected chi connectivity index (χ2v) is 3.57. The van der Waals surface area contributed by atoms with E-state index < -0.39 is 0 Å². The molecule has 90 valence electrons. The fourth-order valence-electron chi connectivity index (χ4n) is 1.32. The number of benzene rings is 1. The maximum Gasteiger partial charge on any atom is 0.164 e. The Morgan fingerprint density at radius 1 is 1.35 bits per heavy atom. The van der Waals surface area contributed by atoms with Crippen LogP contribution >= 0.6 is 0 Å². The van der Waals surface area contributed by atoms with Gasteiger partial charge in [0.05, 0.1) is 0 Å². The molecule has 0 aliphatic carbocycles. The lowest BCUT2D eigenvalue weighted by Crippen LogP contribution is -1.98. The molecule has 1 N–H and O–H groups in total. The molecule has 0 spiro atoms. The molecule has 0 bridgehead atoms. The maximum atomic E-state index is 9.87. The molecule has 17 heavy (non-hydrogen) atoms. The SMILES string of the molecule is C=C/C=C\C(Oc1ccccc1)=C(\O)CCC. The van der Waals surface area contributed by atoms with E-state index in [9.17, 15) is 5.11 Å². The first kappa shape index (κ1) is 13.1. The van der Waals surface area contributed by atoms with Crippen LogP contribution < -0.4 is 4.74 Å². The zero-order valence-corrected chi connectivity index (χ0v) is 10.1. The summed E-state index contributed by atoms with van der Waals surface area (Å²) >= 11 is 0. The van der Waals surface area contributed by atoms with Crippen molar-refractivity contribution in [1.29, 1.82) is 0 Å². The molecule has 0 saturated carbocycles. The van der Waals surface area contributed by atoms with E-state index in [-0.39, 0.29) is 5.76 Å². The van der Waals surface area contributed by atoms with Crippen molar-refractivity contribution in [3.63, 3.8) is 0 Å². The van der Waals surface area contributed by atoms with Gasteiger partial charge in [0, 0.05) is 6.42 Å². The number of hydrogen-bond acceptors (Lipinski definition) is 2. The molecule has 0 saturated heterocycles. The van der Waals surface area contributed by atoms with Crippen molar-refractivity contribution >= 4 is 0 Å². The summed E-state index contributed by atoms with van der Waals surface area (Å²) in [6.45, 7) is 5.61. The van der Waals surface area contributed by atoms with E-state index >= 15 is 0 Å². The van der Waals surface area contributed by atoms with Crippen LogP contribution in [0.5, 0.6) is 5.75 Å². The molecule has 0 aliphatic rings. The molecule has 2 heteroatoms. The molecular weight excluding hydrogens is 212 g/mol. The lowest BCUT2D eigenvalue weighted by atomic mass is 10.2. The van der Waals surface area contributed by atoms with E-state index in [4.69, 9.17) is 4.74 Å². The Morgan fingerprint density at radius 2 is 2.06 bits per heavy atom. The van der Waals surface area contributed by atoms with Gasteiger partial charge in [-0.2, -0.15) is 0 Å². The minimum atomic E-state index is 0.259. The zero-order chi connectivity index (χ0) is 12.5. The number of hydrogen-bond donors (Lipinski definition) is 1. The molecule has 0 aliphatic heterocycles. The Labute approximate surface area is 103 Å². The molecule has 0 fully saturated rings. The largest absolute Gasteiger partial charge is 0.508 e. The highest BCUT2D eigenvalue weighted by Crippen LogP contribution is 2.17. The van der Waals surface area contributed by atoms with E-state index in [0.29, 0.717) is 17.9 Å². The lowest BCUT2D eigenvalue weighted by molar-refractivity contribution is 0.330. The average Bonchev–Trinajstić information content (AvgIpc) is 2.36. The summed E-state index contributed by atoms with van der Waals surface area (Å²) in [6, 6.07) is 9.39. The molecule has 0 aromatic heterocycles. The normalized spacial score (nSPS) is 12.3. The van der Waals surface area contributed by atoms with E-state index in [1.807, 2.05) is 37.3 Å². The number of ether oxygens (including phenoxy) is 1. The van der Waals surface area contributed by atoms with Gasteiger partial charge in [0.2, 0.25) is 0 Å². The van der Waals surface area contributed by atoms with Gasteiger partial charge in [-0.25, -0.2) is 0 Å². The van der Waals surface area contributed by atoms with Crippen molar-refractivity contribution in [2.24, 2.45) is 0 Å². The van der Waals surface area contributed by atoms with Gasteiger partial charge in [-0.15, -0.1) is 0 Å². The summed E-state index contributed by atoms with van der Waals surface area (Å²) in [5.74, 6) is 1.44. The van der Waals surface area contributed by atoms with Gasteiger partial charge in [-0.05, 0) is 24.6 Å². The van der Waals surface area contributed by atoms with Gasteiger partial charge in [-0.3, -0.25) is 0 Å². The van der Waals surface area contributed by atoms with Crippen LogP contribution in [0.3, 0.4) is 0 Å². The van der Waals surface area contributed by atoms with Gasteiger partial charge in [0.15, 0.2) is 5.76 Å². The number of aliphatic hydroxyl groups excluding tert-OH is 1. The van der Waals surface area contributed by atoms with Crippen LogP contribution in [0.2, 0.25) is 0 Å². The Bertz CT molecular complexity index is 402. The molecule has 0 heterocycles. The number of allylic oxidation sites excluding steroid dienone is 4. The first-order valence-corrected chi connectivity index (χ1v) is 5.72. The first-order valence-electron chi connectivity index (χ1n) is 5.72. The van der Waals surface area contributed by atoms with Crippen molar-refractivity contribution < 1.29 is 9.84 Å². The van der Waals surface area contributed by atoms with Gasteiger partial charge in [0.25, 0.3) is 0 Å². The Morgan fingerprint density at radius 3 is 2.65 bits per heavy atom. The van der Waals surface area contributed by atoms with Crippen LogP contribution in [0.25, 0.3) is 0 Å². The standard InChI is InChI=1S/C15H18O2/c1-3-5-12-15(14(16)9-4-2)17-13-10-7-6-8-11-13/h3,5-8,10-12,16H,1,4,9H2,2H3/b12-5-,15-14-. The highest BCUT2D eigenvalue weighted by atomic mass is 16.5. The topological polar surface area (TPSA) is 29.5 Å². The quantitative estimate of drug-likeness (QED) is 0.580. The van der Waals surface area contributed by atoms with Crippen molar-refractivity contribution in [2.75, 3.05) is 0 Å². The molecule has 1 aromatic carbocycles. The van der Waals surface area contributed by atoms with Crippen molar-refractivity contribution in [3.05, 3.63) is 66.7 Å². The van der Waals surface area contributed by atoms with Crippen LogP contribution in [0.4, 0.5) is 0 Å². The molecule has 2 nitrogen and oxygen atoms in total. The van der Waals surface area contributed by atoms with Gasteiger partial charge >= 0.3 is 0 Å². The molecule has 1 rings (SSSR count). The summed E-state index contributed by atoms with van der Waals surface area (Å²) < 4.78 is 5.63. The molecule has 0 amide bonds. The highest BCUT2D eigenvalue weighted by Gasteiger charge is 2.04. The Kier molecular flexibility index (Phi) is 5.66. The second-order valence-electron chi connectivity index (χ2n) is 3.57. The van der Waals surface area contributed by atoms with E-state index in [1.54, 1.807) is 18.2 Å². The van der Waals surface area contributed by atoms with Crippen molar-refractivity contribution in [3.8, 4) is 5.75 Å². The molecule has 0 atom stereocenters. The lowest BCUT2D eigenvalue weighted by Gasteiger charge is -2.08. The molecular formula is C15H18O2. The van der Waals surface area contributed by atoms with Crippen molar-refractivity contribution in [1.82, 2.24) is 0 Å². The summed E-state index contributed by atoms with van der Waals surface area (Å²) in [4.78, 5) is 0. The number of para-hydroxylation sites is 1. The van der Waals surface area contributed by atoms with Gasteiger partial charge in [0.1, 0.15) is 11.5 Å². The third-order valence-electron chi connectivity index (χ3n) is 2.13. The summed E-state index contributed by atoms with van der Waals surface area (Å²) in [5.41, 5.74) is 0. The van der Waals surface area contributed by atoms with Crippen LogP contribution in [0, 0.1) is 0 Å². The monoisotopic (exact) mass is 230 g/mol. The average molecular weight is 230 g/mol. The third-order valence-corrected chi connectivity index (χ3v) is 2.13. The summed E-state index contributed by atoms with van der Waals surface area (Å²) in [6.07, 6.45) is 6.57. The molecule has 0 unspecified atom stereocenters. The minimum absolute atomic E-state index is 0.259. The van der Waals surface area contributed by atoms with Gasteiger partial charge in [-0.1, -0.05) is 43.9 Å². The van der Waals surface area contributed by atoms with Crippen LogP contribution in [0.1, 0.15) is 19.8 Å². The second kappa shape index (κ2) is 7.34. The van der Waals surface area contributed by atoms with Gasteiger partial charge < -0.3 is 9.84 Å². The zero-order valence-electron chi connectivity index (χ0n) is 10.1. The highest BCUT2D eigenvalue weighted by molar-refractivity contribution is 5.28. The first-order chi connectivity index (χ1) is 8.27. The smallest absolute Gasteiger partial charge is 0.164 e. The Hall–Kier alpha value is -1.96. The van der Waals surface area contributed by atoms with E-state index in [2.05, 4.69) is 6.58 Å². The van der Waals surface area contributed by atoms with Crippen LogP contribution in [-0.4, -0.2) is 5.11 Å². The predicted molar refractivity (Wildman–Crippen MR) is 71.0 cm³/mol. The Balaban J connectivity index is 2.88. The van der Waals surface area contributed by atoms with Crippen molar-refractivity contribution in [2.45, 2.75) is 19.8 Å². The summed E-state index contributed by atoms with van der Waals surface area (Å²) in [5, 5.41) is 9.87. The van der Waals surface area contributed by atoms with Crippen LogP contribution in [0.15, 0.2) is 66.7 Å². The number of aliphatic hydroxyl groups is 1. The minimum Gasteiger partial charge on any atom is -0.508 e. The summed E-state index contributed by atoms with van der Waals surface area (Å²) in [7, 11) is 0. The third kappa shape index (κ3) is 4.60. The van der Waals surface area contributed by atoms with Crippen LogP contribution in [-0.2, 0) is 0 Å². The van der Waals surface area contributed by atoms with E-state index in [0.717, 1.165) is 6.42 Å². The fourth-order valence-corrected chi connectivity index (χ4v) is 1.32. The maximum absolute atomic E-state index is 9.87. The number of rotatable bonds is 6. The fraction of sp³-hybridized carbons (Fsp3) is 0.200. The predicted octanol–water partition coefficient (Wildman–Crippen LogP) is 4.38. The molecule has 0 radical (unpaired) electrons. The molecule has 1 aromatic rings. The van der Waals surface area contributed by atoms with E-state index in [1.165, 1.54) is 0 Å².